The summed E-state index contributed by atoms with van der Waals surface area (Å²) in [5.74, 6) is 0.714. The zero-order valence-corrected chi connectivity index (χ0v) is 9.62. The average Bonchev–Trinajstić information content (AvgIpc) is 2.18. The maximum atomic E-state index is 10.2. The molecule has 1 aromatic heterocycles. The van der Waals surface area contributed by atoms with Gasteiger partial charge in [-0.25, -0.2) is 9.78 Å². The van der Waals surface area contributed by atoms with E-state index in [0.29, 0.717) is 12.4 Å². The van der Waals surface area contributed by atoms with Crippen LogP contribution in [0.15, 0.2) is 29.4 Å². The Hall–Kier alpha value is -0.390. The van der Waals surface area contributed by atoms with Gasteiger partial charge < -0.3 is 4.74 Å². The molecule has 0 spiro atoms. The second kappa shape index (κ2) is 6.98. The fraction of sp³-hybridized carbons (Fsp3) is 0.250. The summed E-state index contributed by atoms with van der Waals surface area (Å²) in [5.41, 5.74) is -0.748. The van der Waals surface area contributed by atoms with Crippen LogP contribution in [0.4, 0.5) is 4.79 Å². The number of hydrogen-bond acceptors (Lipinski definition) is 4. The molecule has 0 saturated carbocycles. The Morgan fingerprint density at radius 2 is 2.43 bits per heavy atom. The Labute approximate surface area is 95.0 Å². The van der Waals surface area contributed by atoms with Gasteiger partial charge in [0.15, 0.2) is 6.20 Å². The fourth-order valence-electron chi connectivity index (χ4n) is 0.690. The monoisotopic (exact) mass is 250 g/mol. The molecule has 3 nitrogen and oxygen atoms in total. The standard InChI is InChI=1S/C8H8ClNO2S2/c9-8(11)12-5-6-13-14-7-3-1-2-4-10-7/h1-4H,5-6H2/p+1. The van der Waals surface area contributed by atoms with E-state index in [2.05, 4.69) is 9.72 Å². The Morgan fingerprint density at radius 3 is 3.07 bits per heavy atom. The molecule has 0 aromatic carbocycles. The van der Waals surface area contributed by atoms with Crippen LogP contribution in [0.3, 0.4) is 0 Å². The molecule has 0 radical (unpaired) electrons. The largest absolute Gasteiger partial charge is 0.453 e. The van der Waals surface area contributed by atoms with E-state index in [9.17, 15) is 4.79 Å². The van der Waals surface area contributed by atoms with Crippen molar-refractivity contribution in [1.82, 2.24) is 0 Å². The van der Waals surface area contributed by atoms with Crippen molar-refractivity contribution in [1.29, 1.82) is 0 Å². The number of carbonyl (C=O) groups excluding carboxylic acids is 1. The average molecular weight is 251 g/mol. The lowest BCUT2D eigenvalue weighted by atomic mass is 10.5. The summed E-state index contributed by atoms with van der Waals surface area (Å²) in [4.78, 5) is 13.3. The molecule has 0 amide bonds. The van der Waals surface area contributed by atoms with Gasteiger partial charge in [0, 0.05) is 40.3 Å². The van der Waals surface area contributed by atoms with E-state index in [1.807, 2.05) is 24.4 Å². The van der Waals surface area contributed by atoms with Crippen molar-refractivity contribution < 1.29 is 14.5 Å². The van der Waals surface area contributed by atoms with Gasteiger partial charge in [-0.15, -0.1) is 0 Å². The summed E-state index contributed by atoms with van der Waals surface area (Å²) >= 11 is 4.99. The van der Waals surface area contributed by atoms with E-state index in [4.69, 9.17) is 11.6 Å². The van der Waals surface area contributed by atoms with E-state index in [1.54, 1.807) is 21.6 Å². The van der Waals surface area contributed by atoms with Crippen LogP contribution >= 0.6 is 33.2 Å². The number of carbonyl (C=O) groups is 1. The molecule has 0 aliphatic heterocycles. The zero-order valence-electron chi connectivity index (χ0n) is 7.23. The molecular formula is C8H9ClNO2S2+. The molecule has 76 valence electrons. The molecule has 14 heavy (non-hydrogen) atoms. The van der Waals surface area contributed by atoms with Crippen LogP contribution in [0.2, 0.25) is 0 Å². The van der Waals surface area contributed by atoms with Gasteiger partial charge in [0.1, 0.15) is 6.61 Å². The number of halogens is 1. The summed E-state index contributed by atoms with van der Waals surface area (Å²) in [7, 11) is 3.20. The van der Waals surface area contributed by atoms with E-state index in [1.165, 1.54) is 0 Å². The lowest BCUT2D eigenvalue weighted by Gasteiger charge is -1.97. The van der Waals surface area contributed by atoms with Crippen LogP contribution in [-0.2, 0) is 4.74 Å². The highest BCUT2D eigenvalue weighted by Gasteiger charge is 2.01. The quantitative estimate of drug-likeness (QED) is 0.458. The van der Waals surface area contributed by atoms with Crippen molar-refractivity contribution in [3.05, 3.63) is 24.4 Å². The maximum Gasteiger partial charge on any atom is 0.403 e. The number of H-pyrrole nitrogens is 1. The second-order valence-electron chi connectivity index (χ2n) is 2.22. The van der Waals surface area contributed by atoms with E-state index < -0.39 is 5.43 Å². The van der Waals surface area contributed by atoms with Gasteiger partial charge in [0.2, 0.25) is 5.03 Å². The predicted octanol–water partition coefficient (Wildman–Crippen LogP) is 2.62. The Morgan fingerprint density at radius 1 is 1.57 bits per heavy atom. The molecule has 0 saturated heterocycles. The number of aromatic amines is 1. The summed E-state index contributed by atoms with van der Waals surface area (Å²) in [5, 5.41) is 1.06. The first kappa shape index (κ1) is 11.7. The molecule has 0 aliphatic rings. The molecule has 0 unspecified atom stereocenters. The van der Waals surface area contributed by atoms with Crippen LogP contribution in [0.25, 0.3) is 0 Å². The highest BCUT2D eigenvalue weighted by molar-refractivity contribution is 8.76. The van der Waals surface area contributed by atoms with Gasteiger partial charge in [0.05, 0.1) is 0 Å². The van der Waals surface area contributed by atoms with Crippen molar-refractivity contribution in [3.8, 4) is 0 Å². The Balaban J connectivity index is 2.08. The van der Waals surface area contributed by atoms with Gasteiger partial charge in [-0.2, -0.15) is 0 Å². The number of rotatable bonds is 5. The molecule has 0 atom stereocenters. The minimum Gasteiger partial charge on any atom is -0.453 e. The molecule has 0 aliphatic carbocycles. The lowest BCUT2D eigenvalue weighted by molar-refractivity contribution is -0.426. The first-order valence-corrected chi connectivity index (χ1v) is 6.57. The van der Waals surface area contributed by atoms with Crippen LogP contribution in [0.5, 0.6) is 0 Å². The molecule has 1 N–H and O–H groups in total. The number of pyridine rings is 1. The van der Waals surface area contributed by atoms with Crippen LogP contribution < -0.4 is 4.98 Å². The molecular weight excluding hydrogens is 242 g/mol. The maximum absolute atomic E-state index is 10.2. The van der Waals surface area contributed by atoms with E-state index in [-0.39, 0.29) is 0 Å². The lowest BCUT2D eigenvalue weighted by Crippen LogP contribution is -2.02. The molecule has 1 heterocycles. The molecule has 6 heteroatoms. The normalized spacial score (nSPS) is 9.79. The van der Waals surface area contributed by atoms with Crippen molar-refractivity contribution in [3.63, 3.8) is 0 Å². The molecule has 0 fully saturated rings. The van der Waals surface area contributed by atoms with Crippen LogP contribution in [0, 0.1) is 0 Å². The van der Waals surface area contributed by atoms with Crippen molar-refractivity contribution >= 4 is 38.6 Å². The smallest absolute Gasteiger partial charge is 0.403 e. The van der Waals surface area contributed by atoms with Gasteiger partial charge in [0.25, 0.3) is 0 Å². The fourth-order valence-corrected chi connectivity index (χ4v) is 2.52. The number of aromatic nitrogens is 1. The minimum atomic E-state index is -0.748. The highest BCUT2D eigenvalue weighted by atomic mass is 35.5. The summed E-state index contributed by atoms with van der Waals surface area (Å²) in [6, 6.07) is 5.85. The minimum absolute atomic E-state index is 0.340. The number of hydrogen-bond donors (Lipinski definition) is 0. The number of ether oxygens (including phenoxy) is 1. The van der Waals surface area contributed by atoms with Gasteiger partial charge in [-0.3, -0.25) is 0 Å². The third kappa shape index (κ3) is 5.36. The molecule has 0 bridgehead atoms. The first-order valence-electron chi connectivity index (χ1n) is 3.87. The zero-order chi connectivity index (χ0) is 10.2. The van der Waals surface area contributed by atoms with Gasteiger partial charge >= 0.3 is 5.43 Å². The van der Waals surface area contributed by atoms with E-state index in [0.717, 1.165) is 5.03 Å². The highest BCUT2D eigenvalue weighted by Crippen LogP contribution is 2.26. The predicted molar refractivity (Wildman–Crippen MR) is 58.5 cm³/mol. The number of nitrogens with one attached hydrogen (secondary N) is 1. The van der Waals surface area contributed by atoms with E-state index >= 15 is 0 Å². The SMILES string of the molecule is O=C(Cl)OCCSSc1cccc[nH+]1. The summed E-state index contributed by atoms with van der Waals surface area (Å²) < 4.78 is 4.56. The topological polar surface area (TPSA) is 40.4 Å². The Bertz CT molecular complexity index is 284. The van der Waals surface area contributed by atoms with Crippen molar-refractivity contribution in [2.75, 3.05) is 12.4 Å². The van der Waals surface area contributed by atoms with Gasteiger partial charge in [-0.05, 0) is 6.07 Å². The first-order chi connectivity index (χ1) is 6.79. The third-order valence-electron chi connectivity index (χ3n) is 1.21. The van der Waals surface area contributed by atoms with Gasteiger partial charge in [-0.1, -0.05) is 10.8 Å². The second-order valence-corrected chi connectivity index (χ2v) is 4.98. The summed E-state index contributed by atoms with van der Waals surface area (Å²) in [6.45, 7) is 0.340. The third-order valence-corrected chi connectivity index (χ3v) is 3.60. The van der Waals surface area contributed by atoms with Crippen molar-refractivity contribution in [2.24, 2.45) is 0 Å². The Kier molecular flexibility index (Phi) is 5.82. The van der Waals surface area contributed by atoms with Crippen LogP contribution in [-0.4, -0.2) is 17.8 Å². The van der Waals surface area contributed by atoms with Crippen molar-refractivity contribution in [2.45, 2.75) is 5.03 Å². The molecule has 1 aromatic rings. The van der Waals surface area contributed by atoms with Crippen LogP contribution in [0.1, 0.15) is 0 Å². The molecule has 1 rings (SSSR count). The summed E-state index contributed by atoms with van der Waals surface area (Å²) in [6.07, 6.45) is 1.86.